The minimum absolute atomic E-state index is 0. The van der Waals surface area contributed by atoms with E-state index in [-0.39, 0.29) is 18.3 Å². The lowest BCUT2D eigenvalue weighted by atomic mass is 10.1. The van der Waals surface area contributed by atoms with Crippen molar-refractivity contribution in [2.45, 2.75) is 12.8 Å². The summed E-state index contributed by atoms with van der Waals surface area (Å²) in [5.74, 6) is 1.49. The number of halogens is 1. The zero-order valence-electron chi connectivity index (χ0n) is 12.9. The van der Waals surface area contributed by atoms with E-state index in [1.165, 1.54) is 24.2 Å². The highest BCUT2D eigenvalue weighted by Gasteiger charge is 2.20. The first-order valence-electron chi connectivity index (χ1n) is 7.35. The molecule has 1 aliphatic carbocycles. The third-order valence-corrected chi connectivity index (χ3v) is 4.31. The van der Waals surface area contributed by atoms with Gasteiger partial charge in [0, 0.05) is 10.9 Å². The highest BCUT2D eigenvalue weighted by atomic mass is 35.5. The van der Waals surface area contributed by atoms with Crippen LogP contribution in [-0.2, 0) is 4.79 Å². The number of nitrogens with one attached hydrogen (secondary N) is 2. The molecule has 1 fully saturated rings. The van der Waals surface area contributed by atoms with Crippen LogP contribution in [0.5, 0.6) is 5.75 Å². The number of hydrogen-bond donors (Lipinski definition) is 2. The van der Waals surface area contributed by atoms with Gasteiger partial charge in [0.15, 0.2) is 5.13 Å². The number of hydrogen-bond acceptors (Lipinski definition) is 5. The van der Waals surface area contributed by atoms with Gasteiger partial charge in [0.25, 0.3) is 0 Å². The SMILES string of the molecule is COc1ccccc1-c1csc(NC(=O)CNCC2CC2)n1.Cl. The molecule has 0 radical (unpaired) electrons. The zero-order chi connectivity index (χ0) is 15.4. The summed E-state index contributed by atoms with van der Waals surface area (Å²) in [4.78, 5) is 16.3. The Morgan fingerprint density at radius 2 is 2.17 bits per heavy atom. The molecule has 0 saturated heterocycles. The first-order valence-corrected chi connectivity index (χ1v) is 8.23. The van der Waals surface area contributed by atoms with Crippen LogP contribution in [0.15, 0.2) is 29.6 Å². The first-order chi connectivity index (χ1) is 10.8. The number of carbonyl (C=O) groups excluding carboxylic acids is 1. The van der Waals surface area contributed by atoms with Crippen molar-refractivity contribution < 1.29 is 9.53 Å². The quantitative estimate of drug-likeness (QED) is 0.802. The van der Waals surface area contributed by atoms with Crippen molar-refractivity contribution in [1.29, 1.82) is 0 Å². The maximum Gasteiger partial charge on any atom is 0.240 e. The summed E-state index contributed by atoms with van der Waals surface area (Å²) in [6.45, 7) is 1.26. The van der Waals surface area contributed by atoms with Gasteiger partial charge in [-0.2, -0.15) is 0 Å². The van der Waals surface area contributed by atoms with Crippen LogP contribution < -0.4 is 15.4 Å². The molecule has 1 saturated carbocycles. The largest absolute Gasteiger partial charge is 0.496 e. The van der Waals surface area contributed by atoms with Crippen molar-refractivity contribution in [2.75, 3.05) is 25.5 Å². The number of para-hydroxylation sites is 1. The molecule has 1 aromatic carbocycles. The van der Waals surface area contributed by atoms with E-state index < -0.39 is 0 Å². The Labute approximate surface area is 145 Å². The number of thiazole rings is 1. The molecule has 1 heterocycles. The lowest BCUT2D eigenvalue weighted by Crippen LogP contribution is -2.29. The summed E-state index contributed by atoms with van der Waals surface area (Å²) < 4.78 is 5.34. The maximum absolute atomic E-state index is 11.9. The average Bonchev–Trinajstić information content (AvgIpc) is 3.24. The first kappa shape index (κ1) is 17.7. The molecule has 3 rings (SSSR count). The highest BCUT2D eigenvalue weighted by Crippen LogP contribution is 2.31. The molecule has 1 aliphatic rings. The fraction of sp³-hybridized carbons (Fsp3) is 0.375. The normalized spacial score (nSPS) is 13.3. The van der Waals surface area contributed by atoms with Gasteiger partial charge in [-0.1, -0.05) is 12.1 Å². The van der Waals surface area contributed by atoms with Gasteiger partial charge in [-0.15, -0.1) is 23.7 Å². The molecule has 5 nitrogen and oxygen atoms in total. The number of benzene rings is 1. The summed E-state index contributed by atoms with van der Waals surface area (Å²) in [5.41, 5.74) is 1.73. The van der Waals surface area contributed by atoms with Gasteiger partial charge in [0.2, 0.25) is 5.91 Å². The Morgan fingerprint density at radius 1 is 1.39 bits per heavy atom. The van der Waals surface area contributed by atoms with Gasteiger partial charge in [-0.3, -0.25) is 4.79 Å². The third-order valence-electron chi connectivity index (χ3n) is 3.55. The van der Waals surface area contributed by atoms with E-state index in [4.69, 9.17) is 4.74 Å². The summed E-state index contributed by atoms with van der Waals surface area (Å²) >= 11 is 1.42. The second kappa shape index (κ2) is 8.29. The van der Waals surface area contributed by atoms with Gasteiger partial charge in [-0.05, 0) is 37.4 Å². The molecule has 0 bridgehead atoms. The van der Waals surface area contributed by atoms with E-state index in [0.29, 0.717) is 11.7 Å². The lowest BCUT2D eigenvalue weighted by Gasteiger charge is -2.05. The van der Waals surface area contributed by atoms with Crippen molar-refractivity contribution in [1.82, 2.24) is 10.3 Å². The summed E-state index contributed by atoms with van der Waals surface area (Å²) in [5, 5.41) is 8.53. The van der Waals surface area contributed by atoms with E-state index in [0.717, 1.165) is 29.5 Å². The van der Waals surface area contributed by atoms with E-state index >= 15 is 0 Å². The predicted octanol–water partition coefficient (Wildman–Crippen LogP) is 3.18. The van der Waals surface area contributed by atoms with Crippen LogP contribution in [0.1, 0.15) is 12.8 Å². The fourth-order valence-electron chi connectivity index (χ4n) is 2.19. The molecule has 2 aromatic rings. The second-order valence-electron chi connectivity index (χ2n) is 5.36. The van der Waals surface area contributed by atoms with Gasteiger partial charge < -0.3 is 15.4 Å². The van der Waals surface area contributed by atoms with Gasteiger partial charge >= 0.3 is 0 Å². The van der Waals surface area contributed by atoms with Crippen LogP contribution in [0, 0.1) is 5.92 Å². The molecule has 0 atom stereocenters. The number of methoxy groups -OCH3 is 1. The Morgan fingerprint density at radius 3 is 2.91 bits per heavy atom. The van der Waals surface area contributed by atoms with Crippen LogP contribution in [0.3, 0.4) is 0 Å². The van der Waals surface area contributed by atoms with Gasteiger partial charge in [-0.25, -0.2) is 4.98 Å². The molecule has 7 heteroatoms. The Kier molecular flexibility index (Phi) is 6.38. The van der Waals surface area contributed by atoms with E-state index in [1.807, 2.05) is 29.6 Å². The van der Waals surface area contributed by atoms with Crippen molar-refractivity contribution in [3.8, 4) is 17.0 Å². The van der Waals surface area contributed by atoms with E-state index in [1.54, 1.807) is 7.11 Å². The predicted molar refractivity (Wildman–Crippen MR) is 95.6 cm³/mol. The minimum atomic E-state index is -0.0541. The Bertz CT molecular complexity index is 658. The number of amides is 1. The number of anilines is 1. The molecule has 2 N–H and O–H groups in total. The standard InChI is InChI=1S/C16H19N3O2S.ClH/c1-21-14-5-3-2-4-12(14)13-10-22-16(18-13)19-15(20)9-17-8-11-6-7-11;/h2-5,10-11,17H,6-9H2,1H3,(H,18,19,20);1H. The van der Waals surface area contributed by atoms with Crippen LogP contribution in [0.4, 0.5) is 5.13 Å². The van der Waals surface area contributed by atoms with Crippen LogP contribution in [0.2, 0.25) is 0 Å². The summed E-state index contributed by atoms with van der Waals surface area (Å²) in [7, 11) is 1.64. The molecule has 0 aliphatic heterocycles. The minimum Gasteiger partial charge on any atom is -0.496 e. The zero-order valence-corrected chi connectivity index (χ0v) is 14.5. The summed E-state index contributed by atoms with van der Waals surface area (Å²) in [6, 6.07) is 7.71. The third kappa shape index (κ3) is 4.92. The van der Waals surface area contributed by atoms with Crippen molar-refractivity contribution in [2.24, 2.45) is 5.92 Å². The molecule has 23 heavy (non-hydrogen) atoms. The maximum atomic E-state index is 11.9. The molecule has 124 valence electrons. The monoisotopic (exact) mass is 353 g/mol. The van der Waals surface area contributed by atoms with Crippen molar-refractivity contribution in [3.63, 3.8) is 0 Å². The topological polar surface area (TPSA) is 63.2 Å². The van der Waals surface area contributed by atoms with E-state index in [2.05, 4.69) is 15.6 Å². The van der Waals surface area contributed by atoms with Crippen LogP contribution >= 0.6 is 23.7 Å². The highest BCUT2D eigenvalue weighted by molar-refractivity contribution is 7.14. The number of rotatable bonds is 7. The molecule has 1 amide bonds. The average molecular weight is 354 g/mol. The molecule has 0 spiro atoms. The number of ether oxygens (including phenoxy) is 1. The fourth-order valence-corrected chi connectivity index (χ4v) is 2.91. The number of nitrogens with zero attached hydrogens (tertiary/aromatic N) is 1. The number of aromatic nitrogens is 1. The van der Waals surface area contributed by atoms with Crippen molar-refractivity contribution in [3.05, 3.63) is 29.6 Å². The smallest absolute Gasteiger partial charge is 0.240 e. The molecule has 0 unspecified atom stereocenters. The lowest BCUT2D eigenvalue weighted by molar-refractivity contribution is -0.115. The Balaban J connectivity index is 0.00000192. The van der Waals surface area contributed by atoms with Gasteiger partial charge in [0.05, 0.1) is 19.3 Å². The molecular weight excluding hydrogens is 334 g/mol. The Hall–Kier alpha value is -1.63. The number of carbonyl (C=O) groups is 1. The van der Waals surface area contributed by atoms with Gasteiger partial charge in [0.1, 0.15) is 5.75 Å². The van der Waals surface area contributed by atoms with E-state index in [9.17, 15) is 4.79 Å². The summed E-state index contributed by atoms with van der Waals surface area (Å²) in [6.07, 6.45) is 2.56. The van der Waals surface area contributed by atoms with Crippen LogP contribution in [-0.4, -0.2) is 31.1 Å². The van der Waals surface area contributed by atoms with Crippen molar-refractivity contribution >= 4 is 34.8 Å². The van der Waals surface area contributed by atoms with Crippen LogP contribution in [0.25, 0.3) is 11.3 Å². The second-order valence-corrected chi connectivity index (χ2v) is 6.22. The molecular formula is C16H20ClN3O2S. The molecule has 1 aromatic heterocycles.